The predicted octanol–water partition coefficient (Wildman–Crippen LogP) is 1.32. The topological polar surface area (TPSA) is 52.6 Å². The molecular weight excluding hydrogens is 247 g/mol. The molecule has 0 heterocycles. The van der Waals surface area contributed by atoms with Crippen molar-refractivity contribution in [2.45, 2.75) is 20.0 Å². The number of hydrogen-bond acceptors (Lipinski definition) is 3. The number of likely N-dealkylation sites (N-methyl/N-ethyl adjacent to an activating group) is 2. The Morgan fingerprint density at radius 2 is 2.11 bits per heavy atom. The summed E-state index contributed by atoms with van der Waals surface area (Å²) in [6.07, 6.45) is -0.935. The molecule has 0 fully saturated rings. The van der Waals surface area contributed by atoms with Crippen LogP contribution >= 0.6 is 0 Å². The normalized spacial score (nSPS) is 12.5. The smallest absolute Gasteiger partial charge is 0.234 e. The van der Waals surface area contributed by atoms with Gasteiger partial charge in [0.15, 0.2) is 0 Å². The Bertz CT molecular complexity index is 412. The van der Waals surface area contributed by atoms with Crippen LogP contribution in [0.4, 0.5) is 4.39 Å². The predicted molar refractivity (Wildman–Crippen MR) is 72.2 cm³/mol. The van der Waals surface area contributed by atoms with Gasteiger partial charge in [-0.1, -0.05) is 25.1 Å². The van der Waals surface area contributed by atoms with E-state index in [9.17, 15) is 14.3 Å². The molecule has 4 nitrogen and oxygen atoms in total. The van der Waals surface area contributed by atoms with Gasteiger partial charge in [0, 0.05) is 18.7 Å². The lowest BCUT2D eigenvalue weighted by Crippen LogP contribution is -2.39. The van der Waals surface area contributed by atoms with Crippen molar-refractivity contribution in [3.8, 4) is 0 Å². The Balaban J connectivity index is 2.60. The van der Waals surface area contributed by atoms with E-state index in [1.807, 2.05) is 13.8 Å². The number of aliphatic hydroxyl groups excluding tert-OH is 1. The van der Waals surface area contributed by atoms with E-state index in [1.54, 1.807) is 23.1 Å². The zero-order chi connectivity index (χ0) is 14.3. The Morgan fingerprint density at radius 3 is 2.68 bits per heavy atom. The van der Waals surface area contributed by atoms with Crippen LogP contribution in [-0.4, -0.2) is 42.1 Å². The molecular formula is C14H21FN2O2. The van der Waals surface area contributed by atoms with Crippen LogP contribution in [0.2, 0.25) is 0 Å². The lowest BCUT2D eigenvalue weighted by atomic mass is 10.1. The van der Waals surface area contributed by atoms with Gasteiger partial charge in [-0.05, 0) is 19.5 Å². The van der Waals surface area contributed by atoms with Crippen LogP contribution in [0.5, 0.6) is 0 Å². The average molecular weight is 268 g/mol. The largest absolute Gasteiger partial charge is 0.387 e. The van der Waals surface area contributed by atoms with Crippen molar-refractivity contribution in [3.05, 3.63) is 35.6 Å². The fourth-order valence-electron chi connectivity index (χ4n) is 1.85. The van der Waals surface area contributed by atoms with Gasteiger partial charge in [-0.25, -0.2) is 4.39 Å². The Labute approximate surface area is 113 Å². The zero-order valence-electron chi connectivity index (χ0n) is 11.4. The Kier molecular flexibility index (Phi) is 6.45. The molecule has 1 unspecified atom stereocenters. The summed E-state index contributed by atoms with van der Waals surface area (Å²) in [6.45, 7) is 5.37. The van der Waals surface area contributed by atoms with Crippen LogP contribution in [0.1, 0.15) is 25.5 Å². The second-order valence-electron chi connectivity index (χ2n) is 4.32. The van der Waals surface area contributed by atoms with Gasteiger partial charge in [0.1, 0.15) is 5.82 Å². The molecule has 0 radical (unpaired) electrons. The summed E-state index contributed by atoms with van der Waals surface area (Å²) in [5, 5.41) is 12.7. The number of amides is 1. The number of carbonyl (C=O) groups excluding carboxylic acids is 1. The lowest BCUT2D eigenvalue weighted by Gasteiger charge is -2.23. The summed E-state index contributed by atoms with van der Waals surface area (Å²) in [4.78, 5) is 13.3. The van der Waals surface area contributed by atoms with Gasteiger partial charge in [-0.15, -0.1) is 0 Å². The summed E-state index contributed by atoms with van der Waals surface area (Å²) in [5.41, 5.74) is 0.261. The third-order valence-corrected chi connectivity index (χ3v) is 2.88. The van der Waals surface area contributed by atoms with Crippen molar-refractivity contribution in [2.75, 3.05) is 26.2 Å². The monoisotopic (exact) mass is 268 g/mol. The molecule has 1 aromatic carbocycles. The first-order valence-electron chi connectivity index (χ1n) is 6.50. The number of benzene rings is 1. The minimum absolute atomic E-state index is 0.0925. The van der Waals surface area contributed by atoms with Crippen LogP contribution in [0, 0.1) is 5.82 Å². The third-order valence-electron chi connectivity index (χ3n) is 2.88. The molecule has 1 amide bonds. The molecule has 0 saturated carbocycles. The zero-order valence-corrected chi connectivity index (χ0v) is 11.4. The van der Waals surface area contributed by atoms with Crippen LogP contribution in [0.25, 0.3) is 0 Å². The number of nitrogens with one attached hydrogen (secondary N) is 1. The van der Waals surface area contributed by atoms with Gasteiger partial charge >= 0.3 is 0 Å². The van der Waals surface area contributed by atoms with Crippen LogP contribution in [-0.2, 0) is 4.79 Å². The summed E-state index contributed by atoms with van der Waals surface area (Å²) < 4.78 is 13.5. The fraction of sp³-hybridized carbons (Fsp3) is 0.500. The summed E-state index contributed by atoms with van der Waals surface area (Å²) in [7, 11) is 0. The van der Waals surface area contributed by atoms with Gasteiger partial charge in [0.05, 0.1) is 12.6 Å². The van der Waals surface area contributed by atoms with E-state index >= 15 is 0 Å². The first-order valence-corrected chi connectivity index (χ1v) is 6.50. The number of aliphatic hydroxyl groups is 1. The maximum atomic E-state index is 13.5. The highest BCUT2D eigenvalue weighted by molar-refractivity contribution is 5.77. The van der Waals surface area contributed by atoms with Crippen molar-refractivity contribution in [2.24, 2.45) is 0 Å². The Hall–Kier alpha value is -1.46. The van der Waals surface area contributed by atoms with E-state index in [4.69, 9.17) is 0 Å². The van der Waals surface area contributed by atoms with E-state index in [1.165, 1.54) is 6.07 Å². The van der Waals surface area contributed by atoms with Gasteiger partial charge < -0.3 is 10.4 Å². The van der Waals surface area contributed by atoms with Gasteiger partial charge in [0.25, 0.3) is 0 Å². The van der Waals surface area contributed by atoms with E-state index < -0.39 is 11.9 Å². The summed E-state index contributed by atoms with van der Waals surface area (Å²) in [5.74, 6) is -0.519. The molecule has 1 aromatic rings. The standard InChI is InChI=1S/C14H21FN2O2/c1-3-16-14(19)10-17(4-2)9-13(18)11-7-5-6-8-12(11)15/h5-8,13,18H,3-4,9-10H2,1-2H3,(H,16,19). The molecule has 1 atom stereocenters. The molecule has 2 N–H and O–H groups in total. The lowest BCUT2D eigenvalue weighted by molar-refractivity contribution is -0.122. The molecule has 0 aliphatic carbocycles. The second-order valence-corrected chi connectivity index (χ2v) is 4.32. The van der Waals surface area contributed by atoms with Crippen LogP contribution in [0.3, 0.4) is 0 Å². The molecule has 0 aromatic heterocycles. The Morgan fingerprint density at radius 1 is 1.42 bits per heavy atom. The number of carbonyl (C=O) groups is 1. The number of halogens is 1. The molecule has 0 bridgehead atoms. The van der Waals surface area contributed by atoms with Gasteiger partial charge in [-0.2, -0.15) is 0 Å². The molecule has 5 heteroatoms. The fourth-order valence-corrected chi connectivity index (χ4v) is 1.85. The summed E-state index contributed by atoms with van der Waals surface area (Å²) in [6, 6.07) is 6.14. The molecule has 19 heavy (non-hydrogen) atoms. The molecule has 0 aliphatic rings. The summed E-state index contributed by atoms with van der Waals surface area (Å²) >= 11 is 0. The number of nitrogens with zero attached hydrogens (tertiary/aromatic N) is 1. The van der Waals surface area contributed by atoms with Crippen molar-refractivity contribution in [3.63, 3.8) is 0 Å². The van der Waals surface area contributed by atoms with Gasteiger partial charge in [-0.3, -0.25) is 9.69 Å². The minimum atomic E-state index is -0.935. The minimum Gasteiger partial charge on any atom is -0.387 e. The van der Waals surface area contributed by atoms with Crippen molar-refractivity contribution in [1.82, 2.24) is 10.2 Å². The van der Waals surface area contributed by atoms with E-state index in [0.29, 0.717) is 13.1 Å². The highest BCUT2D eigenvalue weighted by Crippen LogP contribution is 2.17. The van der Waals surface area contributed by atoms with Gasteiger partial charge in [0.2, 0.25) is 5.91 Å². The van der Waals surface area contributed by atoms with Crippen molar-refractivity contribution >= 4 is 5.91 Å². The highest BCUT2D eigenvalue weighted by atomic mass is 19.1. The highest BCUT2D eigenvalue weighted by Gasteiger charge is 2.17. The number of hydrogen-bond donors (Lipinski definition) is 2. The van der Waals surface area contributed by atoms with Crippen molar-refractivity contribution in [1.29, 1.82) is 0 Å². The van der Waals surface area contributed by atoms with Crippen molar-refractivity contribution < 1.29 is 14.3 Å². The second kappa shape index (κ2) is 7.86. The molecule has 1 rings (SSSR count). The third kappa shape index (κ3) is 4.96. The quantitative estimate of drug-likeness (QED) is 0.784. The SMILES string of the molecule is CCNC(=O)CN(CC)CC(O)c1ccccc1F. The molecule has 0 saturated heterocycles. The van der Waals surface area contributed by atoms with E-state index in [0.717, 1.165) is 0 Å². The van der Waals surface area contributed by atoms with Crippen LogP contribution in [0.15, 0.2) is 24.3 Å². The number of rotatable bonds is 7. The van der Waals surface area contributed by atoms with E-state index in [2.05, 4.69) is 5.32 Å². The van der Waals surface area contributed by atoms with E-state index in [-0.39, 0.29) is 24.6 Å². The van der Waals surface area contributed by atoms with Crippen LogP contribution < -0.4 is 5.32 Å². The maximum Gasteiger partial charge on any atom is 0.234 e. The average Bonchev–Trinajstić information content (AvgIpc) is 2.38. The maximum absolute atomic E-state index is 13.5. The molecule has 0 aliphatic heterocycles. The molecule has 106 valence electrons. The first kappa shape index (κ1) is 15.6. The molecule has 0 spiro atoms. The first-order chi connectivity index (χ1) is 9.08.